The van der Waals surface area contributed by atoms with Crippen LogP contribution in [-0.4, -0.2) is 29.3 Å². The van der Waals surface area contributed by atoms with E-state index in [0.717, 1.165) is 12.1 Å². The molecule has 1 aliphatic rings. The Kier molecular flexibility index (Phi) is 5.99. The molecular weight excluding hydrogens is 353 g/mol. The average molecular weight is 372 g/mol. The number of halogens is 3. The van der Waals surface area contributed by atoms with Crippen molar-refractivity contribution in [1.29, 1.82) is 0 Å². The summed E-state index contributed by atoms with van der Waals surface area (Å²) >= 11 is 0. The number of nitrogens with one attached hydrogen (secondary N) is 1. The second kappa shape index (κ2) is 7.84. The van der Waals surface area contributed by atoms with Gasteiger partial charge in [-0.1, -0.05) is 0 Å². The van der Waals surface area contributed by atoms with Gasteiger partial charge < -0.3 is 10.1 Å². The van der Waals surface area contributed by atoms with E-state index in [0.29, 0.717) is 6.20 Å². The van der Waals surface area contributed by atoms with Crippen LogP contribution < -0.4 is 5.32 Å². The number of amides is 1. The first-order chi connectivity index (χ1) is 12.2. The van der Waals surface area contributed by atoms with Crippen LogP contribution in [0.15, 0.2) is 18.3 Å². The molecule has 2 rings (SSSR count). The highest BCUT2D eigenvalue weighted by molar-refractivity contribution is 6.04. The molecule has 1 N–H and O–H groups in total. The normalized spacial score (nSPS) is 16.8. The highest BCUT2D eigenvalue weighted by atomic mass is 19.4. The third-order valence-corrected chi connectivity index (χ3v) is 4.34. The maximum atomic E-state index is 12.6. The number of esters is 1. The van der Waals surface area contributed by atoms with E-state index < -0.39 is 29.0 Å². The molecule has 0 spiro atoms. The number of alkyl halides is 3. The molecule has 0 bridgehead atoms. The van der Waals surface area contributed by atoms with Crippen LogP contribution in [0, 0.1) is 5.41 Å². The number of aromatic nitrogens is 1. The van der Waals surface area contributed by atoms with Gasteiger partial charge in [0.05, 0.1) is 24.4 Å². The van der Waals surface area contributed by atoms with Crippen LogP contribution in [0.4, 0.5) is 13.2 Å². The van der Waals surface area contributed by atoms with Gasteiger partial charge in [-0.3, -0.25) is 19.4 Å². The average Bonchev–Trinajstić information content (AvgIpc) is 2.60. The highest BCUT2D eigenvalue weighted by Crippen LogP contribution is 2.36. The Morgan fingerprint density at radius 3 is 2.42 bits per heavy atom. The van der Waals surface area contributed by atoms with Gasteiger partial charge >= 0.3 is 12.1 Å². The number of nitrogens with zero attached hydrogens (tertiary/aromatic N) is 1. The molecule has 1 amide bonds. The van der Waals surface area contributed by atoms with Gasteiger partial charge in [-0.2, -0.15) is 13.2 Å². The van der Waals surface area contributed by atoms with E-state index in [9.17, 15) is 27.6 Å². The lowest BCUT2D eigenvalue weighted by Crippen LogP contribution is -2.49. The maximum Gasteiger partial charge on any atom is 0.417 e. The lowest BCUT2D eigenvalue weighted by molar-refractivity contribution is -0.164. The van der Waals surface area contributed by atoms with E-state index >= 15 is 0 Å². The van der Waals surface area contributed by atoms with E-state index in [4.69, 9.17) is 4.74 Å². The highest BCUT2D eigenvalue weighted by Gasteiger charge is 2.49. The number of hydrogen-bond donors (Lipinski definition) is 1. The fraction of sp³-hybridized carbons (Fsp3) is 0.529. The van der Waals surface area contributed by atoms with Crippen LogP contribution in [-0.2, 0) is 31.8 Å². The molecule has 0 atom stereocenters. The number of carbonyl (C=O) groups excluding carboxylic acids is 3. The number of carbonyl (C=O) groups is 3. The summed E-state index contributed by atoms with van der Waals surface area (Å²) in [6.45, 7) is 1.58. The first-order valence-electron chi connectivity index (χ1n) is 8.18. The number of pyridine rings is 1. The van der Waals surface area contributed by atoms with Gasteiger partial charge in [-0.05, 0) is 31.9 Å². The smallest absolute Gasteiger partial charge is 0.417 e. The van der Waals surface area contributed by atoms with Crippen LogP contribution in [0.5, 0.6) is 0 Å². The van der Waals surface area contributed by atoms with Gasteiger partial charge in [0.1, 0.15) is 11.2 Å². The minimum atomic E-state index is -4.49. The molecule has 1 heterocycles. The summed E-state index contributed by atoms with van der Waals surface area (Å²) in [6, 6.07) is 2.03. The maximum absolute atomic E-state index is 12.6. The van der Waals surface area contributed by atoms with Crippen LogP contribution in [0.1, 0.15) is 43.9 Å². The number of Topliss-reactive ketones (excluding diaryl/α,β-unsaturated/α-hetero) is 1. The van der Waals surface area contributed by atoms with Gasteiger partial charge in [0, 0.05) is 19.0 Å². The Labute approximate surface area is 148 Å². The van der Waals surface area contributed by atoms with Gasteiger partial charge in [0.15, 0.2) is 0 Å². The van der Waals surface area contributed by atoms with Gasteiger partial charge in [0.25, 0.3) is 0 Å². The topological polar surface area (TPSA) is 85.4 Å². The third kappa shape index (κ3) is 4.39. The molecule has 1 fully saturated rings. The molecule has 0 aromatic carbocycles. The second-order valence-corrected chi connectivity index (χ2v) is 6.06. The first kappa shape index (κ1) is 19.9. The monoisotopic (exact) mass is 372 g/mol. The standard InChI is InChI=1S/C17H19F3N2O4/c1-2-26-15(25)16(7-5-13(23)6-8-16)14(24)22-10-12-4-3-11(9-21-12)17(18,19)20/h3-4,9H,2,5-8,10H2,1H3,(H,22,24). The van der Waals surface area contributed by atoms with E-state index in [1.54, 1.807) is 6.92 Å². The summed E-state index contributed by atoms with van der Waals surface area (Å²) in [7, 11) is 0. The van der Waals surface area contributed by atoms with E-state index in [1.165, 1.54) is 0 Å². The van der Waals surface area contributed by atoms with Crippen molar-refractivity contribution in [2.75, 3.05) is 6.61 Å². The third-order valence-electron chi connectivity index (χ3n) is 4.34. The summed E-state index contributed by atoms with van der Waals surface area (Å²) in [5.41, 5.74) is -2.12. The number of ether oxygens (including phenoxy) is 1. The SMILES string of the molecule is CCOC(=O)C1(C(=O)NCc2ccc(C(F)(F)F)cn2)CCC(=O)CC1. The summed E-state index contributed by atoms with van der Waals surface area (Å²) < 4.78 is 42.6. The van der Waals surface area contributed by atoms with E-state index in [-0.39, 0.29) is 50.3 Å². The molecule has 0 radical (unpaired) electrons. The van der Waals surface area contributed by atoms with Crippen molar-refractivity contribution in [3.05, 3.63) is 29.6 Å². The van der Waals surface area contributed by atoms with Gasteiger partial charge in [-0.25, -0.2) is 0 Å². The van der Waals surface area contributed by atoms with Crippen molar-refractivity contribution in [2.24, 2.45) is 5.41 Å². The summed E-state index contributed by atoms with van der Waals surface area (Å²) in [5, 5.41) is 2.53. The first-order valence-corrected chi connectivity index (χ1v) is 8.18. The molecule has 26 heavy (non-hydrogen) atoms. The molecule has 1 aromatic heterocycles. The molecule has 142 valence electrons. The number of ketones is 1. The summed E-state index contributed by atoms with van der Waals surface area (Å²) in [5.74, 6) is -1.32. The molecular formula is C17H19F3N2O4. The molecule has 0 unspecified atom stereocenters. The largest absolute Gasteiger partial charge is 0.465 e. The minimum absolute atomic E-state index is 0.0258. The Bertz CT molecular complexity index is 676. The zero-order valence-corrected chi connectivity index (χ0v) is 14.2. The van der Waals surface area contributed by atoms with Gasteiger partial charge in [0.2, 0.25) is 5.91 Å². The molecule has 1 aromatic rings. The van der Waals surface area contributed by atoms with Crippen LogP contribution in [0.25, 0.3) is 0 Å². The second-order valence-electron chi connectivity index (χ2n) is 6.06. The zero-order chi connectivity index (χ0) is 19.4. The zero-order valence-electron chi connectivity index (χ0n) is 14.2. The predicted octanol–water partition coefficient (Wildman–Crippen LogP) is 2.41. The quantitative estimate of drug-likeness (QED) is 0.634. The Morgan fingerprint density at radius 2 is 1.92 bits per heavy atom. The number of rotatable bonds is 5. The van der Waals surface area contributed by atoms with Crippen molar-refractivity contribution in [2.45, 2.75) is 45.3 Å². The molecule has 9 heteroatoms. The fourth-order valence-electron chi connectivity index (χ4n) is 2.79. The van der Waals surface area contributed by atoms with Crippen molar-refractivity contribution in [3.63, 3.8) is 0 Å². The van der Waals surface area contributed by atoms with Crippen LogP contribution in [0.3, 0.4) is 0 Å². The lowest BCUT2D eigenvalue weighted by Gasteiger charge is -2.32. The molecule has 0 saturated heterocycles. The van der Waals surface area contributed by atoms with Crippen molar-refractivity contribution >= 4 is 17.7 Å². The minimum Gasteiger partial charge on any atom is -0.465 e. The van der Waals surface area contributed by atoms with Crippen molar-refractivity contribution < 1.29 is 32.3 Å². The van der Waals surface area contributed by atoms with Crippen molar-refractivity contribution in [1.82, 2.24) is 10.3 Å². The van der Waals surface area contributed by atoms with Gasteiger partial charge in [-0.15, -0.1) is 0 Å². The van der Waals surface area contributed by atoms with Crippen LogP contribution >= 0.6 is 0 Å². The predicted molar refractivity (Wildman–Crippen MR) is 83.6 cm³/mol. The lowest BCUT2D eigenvalue weighted by atomic mass is 9.73. The summed E-state index contributed by atoms with van der Waals surface area (Å²) in [4.78, 5) is 40.0. The Morgan fingerprint density at radius 1 is 1.27 bits per heavy atom. The molecule has 0 aliphatic heterocycles. The van der Waals surface area contributed by atoms with E-state index in [1.807, 2.05) is 0 Å². The fourth-order valence-corrected chi connectivity index (χ4v) is 2.79. The Hall–Kier alpha value is -2.45. The van der Waals surface area contributed by atoms with Crippen LogP contribution in [0.2, 0.25) is 0 Å². The Balaban J connectivity index is 2.07. The number of hydrogen-bond acceptors (Lipinski definition) is 5. The van der Waals surface area contributed by atoms with Crippen molar-refractivity contribution in [3.8, 4) is 0 Å². The van der Waals surface area contributed by atoms with E-state index in [2.05, 4.69) is 10.3 Å². The summed E-state index contributed by atoms with van der Waals surface area (Å²) in [6.07, 6.45) is -3.50. The molecule has 1 aliphatic carbocycles. The molecule has 1 saturated carbocycles. The molecule has 6 nitrogen and oxygen atoms in total.